The highest BCUT2D eigenvalue weighted by molar-refractivity contribution is 5.80. The van der Waals surface area contributed by atoms with Gasteiger partial charge in [-0.15, -0.1) is 0 Å². The van der Waals surface area contributed by atoms with Crippen LogP contribution in [0.15, 0.2) is 42.5 Å². The zero-order chi connectivity index (χ0) is 17.6. The first-order chi connectivity index (χ1) is 12.2. The molecule has 4 heteroatoms. The molecule has 0 unspecified atom stereocenters. The van der Waals surface area contributed by atoms with Crippen LogP contribution in [0.25, 0.3) is 0 Å². The summed E-state index contributed by atoms with van der Waals surface area (Å²) in [5, 5.41) is 2.91. The molecule has 1 aliphatic rings. The minimum atomic E-state index is -0.528. The normalized spacial score (nSPS) is 14.3. The van der Waals surface area contributed by atoms with Gasteiger partial charge in [0.1, 0.15) is 11.5 Å². The van der Waals surface area contributed by atoms with Gasteiger partial charge in [-0.2, -0.15) is 0 Å². The summed E-state index contributed by atoms with van der Waals surface area (Å²) in [5.74, 6) is 1.46. The number of fused-ring (bicyclic) bond motifs is 1. The van der Waals surface area contributed by atoms with Crippen LogP contribution in [0.3, 0.4) is 0 Å². The van der Waals surface area contributed by atoms with Crippen molar-refractivity contribution < 1.29 is 14.3 Å². The van der Waals surface area contributed by atoms with Crippen LogP contribution < -0.4 is 14.8 Å². The Morgan fingerprint density at radius 1 is 1.04 bits per heavy atom. The van der Waals surface area contributed by atoms with Gasteiger partial charge in [-0.3, -0.25) is 4.79 Å². The zero-order valence-corrected chi connectivity index (χ0v) is 14.9. The first kappa shape index (κ1) is 17.3. The summed E-state index contributed by atoms with van der Waals surface area (Å²) in [6.45, 7) is 2.25. The number of methoxy groups -OCH3 is 1. The average Bonchev–Trinajstić information content (AvgIpc) is 2.66. The Morgan fingerprint density at radius 2 is 1.72 bits per heavy atom. The van der Waals surface area contributed by atoms with E-state index in [-0.39, 0.29) is 5.91 Å². The van der Waals surface area contributed by atoms with Crippen LogP contribution >= 0.6 is 0 Å². The lowest BCUT2D eigenvalue weighted by Crippen LogP contribution is -2.35. The van der Waals surface area contributed by atoms with Gasteiger partial charge < -0.3 is 14.8 Å². The fraction of sp³-hybridized carbons (Fsp3) is 0.381. The third-order valence-corrected chi connectivity index (χ3v) is 4.63. The number of carbonyl (C=O) groups is 1. The molecule has 1 N–H and O–H groups in total. The van der Waals surface area contributed by atoms with E-state index >= 15 is 0 Å². The molecule has 25 heavy (non-hydrogen) atoms. The van der Waals surface area contributed by atoms with E-state index in [9.17, 15) is 4.79 Å². The van der Waals surface area contributed by atoms with E-state index in [1.165, 1.54) is 24.0 Å². The molecule has 2 aromatic carbocycles. The molecule has 0 radical (unpaired) electrons. The second-order valence-electron chi connectivity index (χ2n) is 6.46. The topological polar surface area (TPSA) is 47.6 Å². The molecule has 0 aromatic heterocycles. The van der Waals surface area contributed by atoms with Gasteiger partial charge in [-0.05, 0) is 73.6 Å². The van der Waals surface area contributed by atoms with Crippen LogP contribution in [0.1, 0.15) is 36.5 Å². The van der Waals surface area contributed by atoms with Crippen molar-refractivity contribution in [2.45, 2.75) is 45.3 Å². The van der Waals surface area contributed by atoms with Gasteiger partial charge >= 0.3 is 0 Å². The van der Waals surface area contributed by atoms with E-state index in [1.54, 1.807) is 14.0 Å². The van der Waals surface area contributed by atoms with Gasteiger partial charge in [-0.25, -0.2) is 0 Å². The van der Waals surface area contributed by atoms with Crippen molar-refractivity contribution in [1.82, 2.24) is 5.32 Å². The van der Waals surface area contributed by atoms with E-state index in [4.69, 9.17) is 9.47 Å². The number of carbonyl (C=O) groups excluding carboxylic acids is 1. The summed E-state index contributed by atoms with van der Waals surface area (Å²) in [4.78, 5) is 12.3. The predicted octanol–water partition coefficient (Wildman–Crippen LogP) is 3.66. The Bertz CT molecular complexity index is 724. The number of hydrogen-bond donors (Lipinski definition) is 1. The molecule has 0 saturated heterocycles. The van der Waals surface area contributed by atoms with E-state index in [1.807, 2.05) is 30.3 Å². The highest BCUT2D eigenvalue weighted by Crippen LogP contribution is 2.25. The Labute approximate surface area is 149 Å². The van der Waals surface area contributed by atoms with Gasteiger partial charge in [-0.1, -0.05) is 18.2 Å². The maximum Gasteiger partial charge on any atom is 0.261 e. The van der Waals surface area contributed by atoms with Crippen molar-refractivity contribution in [3.63, 3.8) is 0 Å². The smallest absolute Gasteiger partial charge is 0.261 e. The Morgan fingerprint density at radius 3 is 2.44 bits per heavy atom. The number of nitrogens with one attached hydrogen (secondary N) is 1. The quantitative estimate of drug-likeness (QED) is 0.874. The number of benzene rings is 2. The van der Waals surface area contributed by atoms with Gasteiger partial charge in [0, 0.05) is 6.54 Å². The van der Waals surface area contributed by atoms with Crippen LogP contribution in [-0.2, 0) is 24.2 Å². The fourth-order valence-electron chi connectivity index (χ4n) is 3.12. The number of amides is 1. The molecule has 1 amide bonds. The lowest BCUT2D eigenvalue weighted by Gasteiger charge is -2.19. The molecule has 2 aromatic rings. The summed E-state index contributed by atoms with van der Waals surface area (Å²) >= 11 is 0. The van der Waals surface area contributed by atoms with Gasteiger partial charge in [0.25, 0.3) is 5.91 Å². The Balaban J connectivity index is 1.53. The third kappa shape index (κ3) is 4.53. The number of ether oxygens (including phenoxy) is 2. The standard InChI is InChI=1S/C21H25NO3/c1-15(21(23)22-14-16-7-10-19(24-2)11-8-16)25-20-12-9-17-5-3-4-6-18(17)13-20/h7-13,15H,3-6,14H2,1-2H3,(H,22,23)/t15-/m1/s1. The maximum atomic E-state index is 12.3. The molecule has 4 nitrogen and oxygen atoms in total. The average molecular weight is 339 g/mol. The third-order valence-electron chi connectivity index (χ3n) is 4.63. The molecule has 0 aliphatic heterocycles. The van der Waals surface area contributed by atoms with Crippen molar-refractivity contribution in [3.05, 3.63) is 59.2 Å². The van der Waals surface area contributed by atoms with Gasteiger partial charge in [0.15, 0.2) is 6.10 Å². The monoisotopic (exact) mass is 339 g/mol. The first-order valence-electron chi connectivity index (χ1n) is 8.85. The minimum absolute atomic E-state index is 0.117. The van der Waals surface area contributed by atoms with Crippen LogP contribution in [0.4, 0.5) is 0 Å². The molecule has 3 rings (SSSR count). The molecule has 0 spiro atoms. The number of aryl methyl sites for hydroxylation is 2. The second-order valence-corrected chi connectivity index (χ2v) is 6.46. The molecule has 0 heterocycles. The van der Waals surface area contributed by atoms with Crippen molar-refractivity contribution in [2.24, 2.45) is 0 Å². The number of rotatable bonds is 6. The Hall–Kier alpha value is -2.49. The van der Waals surface area contributed by atoms with Crippen molar-refractivity contribution in [3.8, 4) is 11.5 Å². The fourth-order valence-corrected chi connectivity index (χ4v) is 3.12. The lowest BCUT2D eigenvalue weighted by atomic mass is 9.92. The summed E-state index contributed by atoms with van der Waals surface area (Å²) < 4.78 is 11.0. The molecule has 1 aliphatic carbocycles. The van der Waals surface area contributed by atoms with Gasteiger partial charge in [0.2, 0.25) is 0 Å². The Kier molecular flexibility index (Phi) is 5.59. The van der Waals surface area contributed by atoms with Crippen LogP contribution in [0.2, 0.25) is 0 Å². The lowest BCUT2D eigenvalue weighted by molar-refractivity contribution is -0.127. The molecule has 132 valence electrons. The molecule has 0 saturated carbocycles. The predicted molar refractivity (Wildman–Crippen MR) is 98.0 cm³/mol. The minimum Gasteiger partial charge on any atom is -0.497 e. The zero-order valence-electron chi connectivity index (χ0n) is 14.9. The van der Waals surface area contributed by atoms with Crippen LogP contribution in [-0.4, -0.2) is 19.1 Å². The first-order valence-corrected chi connectivity index (χ1v) is 8.85. The highest BCUT2D eigenvalue weighted by Gasteiger charge is 2.16. The van der Waals surface area contributed by atoms with Crippen molar-refractivity contribution >= 4 is 5.91 Å². The molecular formula is C21H25NO3. The molecule has 0 fully saturated rings. The molecule has 0 bridgehead atoms. The number of hydrogen-bond acceptors (Lipinski definition) is 3. The molecular weight excluding hydrogens is 314 g/mol. The van der Waals surface area contributed by atoms with Crippen LogP contribution in [0.5, 0.6) is 11.5 Å². The van der Waals surface area contributed by atoms with Gasteiger partial charge in [0.05, 0.1) is 7.11 Å². The summed E-state index contributed by atoms with van der Waals surface area (Å²) in [7, 11) is 1.64. The van der Waals surface area contributed by atoms with Crippen LogP contribution in [0, 0.1) is 0 Å². The van der Waals surface area contributed by atoms with Crippen molar-refractivity contribution in [1.29, 1.82) is 0 Å². The van der Waals surface area contributed by atoms with Crippen molar-refractivity contribution in [2.75, 3.05) is 7.11 Å². The van der Waals surface area contributed by atoms with E-state index in [0.29, 0.717) is 6.54 Å². The van der Waals surface area contributed by atoms with E-state index in [0.717, 1.165) is 29.9 Å². The largest absolute Gasteiger partial charge is 0.497 e. The second kappa shape index (κ2) is 8.06. The summed E-state index contributed by atoms with van der Waals surface area (Å²) in [6, 6.07) is 13.8. The SMILES string of the molecule is COc1ccc(CNC(=O)[C@@H](C)Oc2ccc3c(c2)CCCC3)cc1. The summed E-state index contributed by atoms with van der Waals surface area (Å²) in [6.07, 6.45) is 4.21. The van der Waals surface area contributed by atoms with E-state index < -0.39 is 6.10 Å². The summed E-state index contributed by atoms with van der Waals surface area (Å²) in [5.41, 5.74) is 3.79. The highest BCUT2D eigenvalue weighted by atomic mass is 16.5. The maximum absolute atomic E-state index is 12.3. The molecule has 1 atom stereocenters. The van der Waals surface area contributed by atoms with E-state index in [2.05, 4.69) is 17.4 Å².